The Hall–Kier alpha value is -2.15. The molecule has 4 N–H and O–H groups in total. The number of nitrogen functional groups attached to an aromatic ring is 1. The van der Waals surface area contributed by atoms with Crippen LogP contribution in [0.1, 0.15) is 29.4 Å². The van der Waals surface area contributed by atoms with Gasteiger partial charge in [0.25, 0.3) is 5.91 Å². The number of hydrogen-bond acceptors (Lipinski definition) is 5. The van der Waals surface area contributed by atoms with E-state index in [-0.39, 0.29) is 12.5 Å². The van der Waals surface area contributed by atoms with Crippen molar-refractivity contribution in [3.8, 4) is 0 Å². The van der Waals surface area contributed by atoms with E-state index < -0.39 is 5.91 Å². The Kier molecular flexibility index (Phi) is 4.74. The molecule has 0 aromatic carbocycles. The molecular formula is C14H18N4O2S. The molecule has 0 saturated heterocycles. The molecule has 0 atom stereocenters. The van der Waals surface area contributed by atoms with Gasteiger partial charge in [-0.05, 0) is 12.5 Å². The molecule has 2 rings (SSSR count). The number of thiophene rings is 1. The zero-order chi connectivity index (χ0) is 15.4. The molecule has 0 unspecified atom stereocenters. The first-order chi connectivity index (χ1) is 10.0. The van der Waals surface area contributed by atoms with E-state index in [0.29, 0.717) is 17.1 Å². The second kappa shape index (κ2) is 6.53. The monoisotopic (exact) mass is 306 g/mol. The van der Waals surface area contributed by atoms with Gasteiger partial charge in [-0.1, -0.05) is 13.3 Å². The van der Waals surface area contributed by atoms with Gasteiger partial charge < -0.3 is 16.4 Å². The van der Waals surface area contributed by atoms with Crippen LogP contribution in [-0.4, -0.2) is 34.8 Å². The molecule has 0 spiro atoms. The Balaban J connectivity index is 2.33. The molecular weight excluding hydrogens is 288 g/mol. The summed E-state index contributed by atoms with van der Waals surface area (Å²) in [6.45, 7) is 2.42. The predicted octanol–water partition coefficient (Wildman–Crippen LogP) is 1.61. The maximum Gasteiger partial charge on any atom is 0.266 e. The van der Waals surface area contributed by atoms with Crippen molar-refractivity contribution in [1.29, 1.82) is 0 Å². The number of fused-ring (bicyclic) bond motifs is 1. The zero-order valence-corrected chi connectivity index (χ0v) is 12.7. The molecule has 21 heavy (non-hydrogen) atoms. The maximum atomic E-state index is 12.6. The molecule has 0 aliphatic heterocycles. The maximum absolute atomic E-state index is 12.6. The van der Waals surface area contributed by atoms with Crippen LogP contribution in [0.3, 0.4) is 0 Å². The molecule has 0 bridgehead atoms. The third-order valence-corrected chi connectivity index (χ3v) is 4.28. The number of carbonyl (C=O) groups is 2. The lowest BCUT2D eigenvalue weighted by molar-refractivity contribution is -0.118. The highest BCUT2D eigenvalue weighted by Crippen LogP contribution is 2.33. The normalized spacial score (nSPS) is 10.7. The molecule has 0 aliphatic rings. The molecule has 7 heteroatoms. The summed E-state index contributed by atoms with van der Waals surface area (Å²) in [5.41, 5.74) is 11.7. The number of pyridine rings is 1. The van der Waals surface area contributed by atoms with Gasteiger partial charge in [0, 0.05) is 24.3 Å². The fourth-order valence-electron chi connectivity index (χ4n) is 2.06. The second-order valence-electron chi connectivity index (χ2n) is 4.76. The largest absolute Gasteiger partial charge is 0.397 e. The fraction of sp³-hybridized carbons (Fsp3) is 0.357. The summed E-state index contributed by atoms with van der Waals surface area (Å²) in [6, 6.07) is 1.78. The average molecular weight is 306 g/mol. The third-order valence-electron chi connectivity index (χ3n) is 3.14. The number of nitrogens with zero attached hydrogens (tertiary/aromatic N) is 2. The summed E-state index contributed by atoms with van der Waals surface area (Å²) >= 11 is 1.29. The SMILES string of the molecule is CCCCN(CC(N)=O)C(=O)c1sc2cnccc2c1N. The minimum atomic E-state index is -0.527. The Morgan fingerprint density at radius 1 is 1.43 bits per heavy atom. The first kappa shape index (κ1) is 15.2. The van der Waals surface area contributed by atoms with Crippen LogP contribution >= 0.6 is 11.3 Å². The van der Waals surface area contributed by atoms with Gasteiger partial charge in [-0.25, -0.2) is 0 Å². The van der Waals surface area contributed by atoms with Crippen LogP contribution in [0.25, 0.3) is 10.1 Å². The standard InChI is InChI=1S/C14H18N4O2S/c1-2-3-6-18(8-11(15)19)14(20)13-12(16)9-4-5-17-7-10(9)21-13/h4-5,7H,2-3,6,8,16H2,1H3,(H2,15,19). The van der Waals surface area contributed by atoms with Crippen LogP contribution in [0.4, 0.5) is 5.69 Å². The topological polar surface area (TPSA) is 102 Å². The van der Waals surface area contributed by atoms with Crippen molar-refractivity contribution in [1.82, 2.24) is 9.88 Å². The van der Waals surface area contributed by atoms with Gasteiger partial charge in [0.15, 0.2) is 0 Å². The number of anilines is 1. The van der Waals surface area contributed by atoms with E-state index >= 15 is 0 Å². The average Bonchev–Trinajstić information content (AvgIpc) is 2.80. The lowest BCUT2D eigenvalue weighted by atomic mass is 10.2. The van der Waals surface area contributed by atoms with Crippen molar-refractivity contribution in [2.24, 2.45) is 5.73 Å². The Bertz CT molecular complexity index is 668. The minimum absolute atomic E-state index is 0.0925. The number of carbonyl (C=O) groups excluding carboxylic acids is 2. The molecule has 2 aromatic heterocycles. The van der Waals surface area contributed by atoms with E-state index in [1.54, 1.807) is 18.5 Å². The van der Waals surface area contributed by atoms with Crippen molar-refractivity contribution >= 4 is 38.9 Å². The first-order valence-corrected chi connectivity index (χ1v) is 7.55. The van der Waals surface area contributed by atoms with E-state index in [2.05, 4.69) is 4.98 Å². The lowest BCUT2D eigenvalue weighted by Crippen LogP contribution is -2.39. The van der Waals surface area contributed by atoms with Crippen LogP contribution in [0, 0.1) is 0 Å². The molecule has 0 fully saturated rings. The number of hydrogen-bond donors (Lipinski definition) is 2. The highest BCUT2D eigenvalue weighted by molar-refractivity contribution is 7.21. The number of rotatable bonds is 6. The van der Waals surface area contributed by atoms with Gasteiger partial charge >= 0.3 is 0 Å². The number of nitrogens with two attached hydrogens (primary N) is 2. The highest BCUT2D eigenvalue weighted by Gasteiger charge is 2.22. The van der Waals surface area contributed by atoms with E-state index in [4.69, 9.17) is 11.5 Å². The molecule has 2 heterocycles. The van der Waals surface area contributed by atoms with Crippen LogP contribution < -0.4 is 11.5 Å². The molecule has 2 amide bonds. The summed E-state index contributed by atoms with van der Waals surface area (Å²) in [6.07, 6.45) is 5.05. The number of aromatic nitrogens is 1. The summed E-state index contributed by atoms with van der Waals surface area (Å²) in [7, 11) is 0. The highest BCUT2D eigenvalue weighted by atomic mass is 32.1. The molecule has 112 valence electrons. The quantitative estimate of drug-likeness (QED) is 0.846. The number of primary amides is 1. The molecule has 6 nitrogen and oxygen atoms in total. The summed E-state index contributed by atoms with van der Waals surface area (Å²) in [5.74, 6) is -0.776. The van der Waals surface area contributed by atoms with Gasteiger partial charge in [-0.2, -0.15) is 0 Å². The molecule has 0 radical (unpaired) electrons. The number of unbranched alkanes of at least 4 members (excludes halogenated alkanes) is 1. The van der Waals surface area contributed by atoms with Gasteiger partial charge in [-0.15, -0.1) is 11.3 Å². The van der Waals surface area contributed by atoms with Gasteiger partial charge in [0.1, 0.15) is 4.88 Å². The van der Waals surface area contributed by atoms with Crippen LogP contribution in [0.5, 0.6) is 0 Å². The molecule has 0 saturated carbocycles. The van der Waals surface area contributed by atoms with Crippen LogP contribution in [0.15, 0.2) is 18.5 Å². The summed E-state index contributed by atoms with van der Waals surface area (Å²) in [5, 5.41) is 0.813. The van der Waals surface area contributed by atoms with Gasteiger partial charge in [0.05, 0.1) is 16.9 Å². The predicted molar refractivity (Wildman–Crippen MR) is 84.0 cm³/mol. The van der Waals surface area contributed by atoms with Crippen LogP contribution in [-0.2, 0) is 4.79 Å². The van der Waals surface area contributed by atoms with E-state index in [0.717, 1.165) is 22.9 Å². The Morgan fingerprint density at radius 2 is 2.19 bits per heavy atom. The Labute approximate surface area is 126 Å². The van der Waals surface area contributed by atoms with Gasteiger partial charge in [0.2, 0.25) is 5.91 Å². The Morgan fingerprint density at radius 3 is 2.81 bits per heavy atom. The van der Waals surface area contributed by atoms with Crippen molar-refractivity contribution in [2.75, 3.05) is 18.8 Å². The van der Waals surface area contributed by atoms with E-state index in [1.807, 2.05) is 6.92 Å². The van der Waals surface area contributed by atoms with Crippen molar-refractivity contribution in [3.63, 3.8) is 0 Å². The minimum Gasteiger partial charge on any atom is -0.397 e. The van der Waals surface area contributed by atoms with Gasteiger partial charge in [-0.3, -0.25) is 14.6 Å². The second-order valence-corrected chi connectivity index (χ2v) is 5.82. The summed E-state index contributed by atoms with van der Waals surface area (Å²) in [4.78, 5) is 29.7. The third kappa shape index (κ3) is 3.30. The van der Waals surface area contributed by atoms with Crippen molar-refractivity contribution < 1.29 is 9.59 Å². The van der Waals surface area contributed by atoms with E-state index in [1.165, 1.54) is 16.2 Å². The molecule has 0 aliphatic carbocycles. The smallest absolute Gasteiger partial charge is 0.266 e. The molecule has 2 aromatic rings. The van der Waals surface area contributed by atoms with Crippen molar-refractivity contribution in [2.45, 2.75) is 19.8 Å². The first-order valence-electron chi connectivity index (χ1n) is 6.74. The lowest BCUT2D eigenvalue weighted by Gasteiger charge is -2.20. The summed E-state index contributed by atoms with van der Waals surface area (Å²) < 4.78 is 0.855. The fourth-order valence-corrected chi connectivity index (χ4v) is 3.12. The van der Waals surface area contributed by atoms with Crippen molar-refractivity contribution in [3.05, 3.63) is 23.3 Å². The van der Waals surface area contributed by atoms with E-state index in [9.17, 15) is 9.59 Å². The zero-order valence-electron chi connectivity index (χ0n) is 11.8. The number of amides is 2. The van der Waals surface area contributed by atoms with Crippen LogP contribution in [0.2, 0.25) is 0 Å².